The summed E-state index contributed by atoms with van der Waals surface area (Å²) >= 11 is 0. The van der Waals surface area contributed by atoms with Crippen LogP contribution in [-0.4, -0.2) is 6.04 Å². The van der Waals surface area contributed by atoms with E-state index in [0.717, 1.165) is 11.8 Å². The molecule has 0 spiro atoms. The molecule has 0 saturated heterocycles. The highest BCUT2D eigenvalue weighted by Crippen LogP contribution is 2.43. The summed E-state index contributed by atoms with van der Waals surface area (Å²) in [5.41, 5.74) is 7.61. The van der Waals surface area contributed by atoms with E-state index in [0.29, 0.717) is 6.04 Å². The van der Waals surface area contributed by atoms with Gasteiger partial charge in [0.25, 0.3) is 0 Å². The van der Waals surface area contributed by atoms with Crippen LogP contribution < -0.4 is 5.73 Å². The maximum absolute atomic E-state index is 7.61. The molecule has 0 amide bonds. The minimum absolute atomic E-state index is 0.343. The van der Waals surface area contributed by atoms with Crippen molar-refractivity contribution in [3.8, 4) is 0 Å². The second kappa shape index (κ2) is 1.47. The fraction of sp³-hybridized carbons (Fsp3) is 1.00. The molecule has 0 unspecified atom stereocenters. The third-order valence-corrected chi connectivity index (χ3v) is 2.26. The Bertz CT molecular complexity index is 80.6. The highest BCUT2D eigenvalue weighted by Gasteiger charge is 2.39. The van der Waals surface area contributed by atoms with Gasteiger partial charge in [-0.3, -0.25) is 5.73 Å². The largest absolute Gasteiger partial charge is 0.254 e. The Morgan fingerprint density at radius 1 is 1.00 bits per heavy atom. The second-order valence-corrected chi connectivity index (χ2v) is 3.20. The maximum atomic E-state index is 7.61. The Kier molecular flexibility index (Phi) is 0.884. The highest BCUT2D eigenvalue weighted by molar-refractivity contribution is 4.93. The highest BCUT2D eigenvalue weighted by atomic mass is 14.7. The predicted octanol–water partition coefficient (Wildman–Crippen LogP) is 1.46. The van der Waals surface area contributed by atoms with E-state index in [1.807, 2.05) is 0 Å². The van der Waals surface area contributed by atoms with Crippen LogP contribution in [0.4, 0.5) is 0 Å². The predicted molar refractivity (Wildman–Crippen MR) is 32.3 cm³/mol. The minimum Gasteiger partial charge on any atom is -0.254 e. The Hall–Kier alpha value is -0.0400. The molecule has 0 aromatic rings. The average Bonchev–Trinajstić information content (AvgIpc) is 2.63. The molecular weight excluding hydrogens is 98.1 g/mol. The van der Waals surface area contributed by atoms with E-state index < -0.39 is 0 Å². The number of rotatable bonds is 2. The van der Waals surface area contributed by atoms with Gasteiger partial charge in [0.15, 0.2) is 0 Å². The fourth-order valence-electron chi connectivity index (χ4n) is 1.30. The summed E-state index contributed by atoms with van der Waals surface area (Å²) in [6.07, 6.45) is 5.41. The van der Waals surface area contributed by atoms with Gasteiger partial charge in [-0.15, -0.1) is 0 Å². The molecule has 45 valence electrons. The van der Waals surface area contributed by atoms with Gasteiger partial charge in [0.1, 0.15) is 0 Å². The van der Waals surface area contributed by atoms with Gasteiger partial charge in [0.2, 0.25) is 0 Å². The van der Waals surface area contributed by atoms with Crippen molar-refractivity contribution in [2.75, 3.05) is 0 Å². The number of hydrogen-bond donors (Lipinski definition) is 0. The SMILES string of the molecule is [NH]C(C1CC1)C1CC1. The Labute approximate surface area is 50.3 Å². The molecule has 1 N–H and O–H groups in total. The first kappa shape index (κ1) is 4.80. The molecule has 0 aromatic carbocycles. The summed E-state index contributed by atoms with van der Waals surface area (Å²) in [7, 11) is 0. The summed E-state index contributed by atoms with van der Waals surface area (Å²) in [4.78, 5) is 0. The first-order chi connectivity index (χ1) is 3.88. The lowest BCUT2D eigenvalue weighted by Crippen LogP contribution is -2.13. The molecular formula is C7H12N. The van der Waals surface area contributed by atoms with E-state index >= 15 is 0 Å². The van der Waals surface area contributed by atoms with Crippen LogP contribution in [0, 0.1) is 11.8 Å². The minimum atomic E-state index is 0.343. The van der Waals surface area contributed by atoms with E-state index in [1.54, 1.807) is 0 Å². The number of hydrogen-bond acceptors (Lipinski definition) is 0. The summed E-state index contributed by atoms with van der Waals surface area (Å²) in [6, 6.07) is 0.343. The van der Waals surface area contributed by atoms with E-state index in [9.17, 15) is 0 Å². The third kappa shape index (κ3) is 0.752. The van der Waals surface area contributed by atoms with Crippen molar-refractivity contribution in [1.82, 2.24) is 5.73 Å². The monoisotopic (exact) mass is 110 g/mol. The van der Waals surface area contributed by atoms with E-state index in [4.69, 9.17) is 5.73 Å². The zero-order valence-corrected chi connectivity index (χ0v) is 5.06. The molecule has 1 nitrogen and oxygen atoms in total. The van der Waals surface area contributed by atoms with Gasteiger partial charge in [-0.25, -0.2) is 0 Å². The van der Waals surface area contributed by atoms with Crippen LogP contribution in [0.15, 0.2) is 0 Å². The van der Waals surface area contributed by atoms with Gasteiger partial charge >= 0.3 is 0 Å². The molecule has 2 fully saturated rings. The van der Waals surface area contributed by atoms with Crippen LogP contribution >= 0.6 is 0 Å². The molecule has 0 bridgehead atoms. The second-order valence-electron chi connectivity index (χ2n) is 3.20. The summed E-state index contributed by atoms with van der Waals surface area (Å²) in [6.45, 7) is 0. The molecule has 2 aliphatic carbocycles. The topological polar surface area (TPSA) is 23.8 Å². The van der Waals surface area contributed by atoms with Crippen molar-refractivity contribution in [1.29, 1.82) is 0 Å². The van der Waals surface area contributed by atoms with Gasteiger partial charge in [0, 0.05) is 6.04 Å². The zero-order chi connectivity index (χ0) is 5.56. The molecule has 0 heterocycles. The van der Waals surface area contributed by atoms with Crippen molar-refractivity contribution < 1.29 is 0 Å². The van der Waals surface area contributed by atoms with Crippen LogP contribution in [0.5, 0.6) is 0 Å². The average molecular weight is 110 g/mol. The fourth-order valence-corrected chi connectivity index (χ4v) is 1.30. The summed E-state index contributed by atoms with van der Waals surface area (Å²) < 4.78 is 0. The van der Waals surface area contributed by atoms with Gasteiger partial charge in [-0.1, -0.05) is 0 Å². The lowest BCUT2D eigenvalue weighted by atomic mass is 10.1. The van der Waals surface area contributed by atoms with Crippen molar-refractivity contribution in [2.45, 2.75) is 31.7 Å². The number of nitrogens with one attached hydrogen (secondary N) is 1. The van der Waals surface area contributed by atoms with Crippen LogP contribution in [-0.2, 0) is 0 Å². The van der Waals surface area contributed by atoms with Gasteiger partial charge in [0.05, 0.1) is 0 Å². The Morgan fingerprint density at radius 3 is 1.62 bits per heavy atom. The zero-order valence-electron chi connectivity index (χ0n) is 5.06. The molecule has 0 aromatic heterocycles. The van der Waals surface area contributed by atoms with Gasteiger partial charge in [-0.05, 0) is 37.5 Å². The normalized spacial score (nSPS) is 29.2. The lowest BCUT2D eigenvalue weighted by molar-refractivity contribution is 0.515. The molecule has 8 heavy (non-hydrogen) atoms. The lowest BCUT2D eigenvalue weighted by Gasteiger charge is -2.03. The molecule has 1 radical (unpaired) electrons. The molecule has 2 rings (SSSR count). The van der Waals surface area contributed by atoms with Crippen molar-refractivity contribution in [3.05, 3.63) is 0 Å². The molecule has 2 aliphatic rings. The van der Waals surface area contributed by atoms with Crippen LogP contribution in [0.2, 0.25) is 0 Å². The van der Waals surface area contributed by atoms with Crippen LogP contribution in [0.3, 0.4) is 0 Å². The third-order valence-electron chi connectivity index (χ3n) is 2.26. The first-order valence-electron chi connectivity index (χ1n) is 3.59. The van der Waals surface area contributed by atoms with Crippen molar-refractivity contribution in [2.24, 2.45) is 11.8 Å². The quantitative estimate of drug-likeness (QED) is 0.514. The molecule has 2 saturated carbocycles. The molecule has 0 atom stereocenters. The smallest absolute Gasteiger partial charge is 0.0269 e. The van der Waals surface area contributed by atoms with Crippen molar-refractivity contribution in [3.63, 3.8) is 0 Å². The maximum Gasteiger partial charge on any atom is 0.0269 e. The van der Waals surface area contributed by atoms with Crippen LogP contribution in [0.1, 0.15) is 25.7 Å². The Morgan fingerprint density at radius 2 is 1.38 bits per heavy atom. The first-order valence-corrected chi connectivity index (χ1v) is 3.59. The summed E-state index contributed by atoms with van der Waals surface area (Å²) in [5, 5.41) is 0. The van der Waals surface area contributed by atoms with E-state index in [-0.39, 0.29) is 0 Å². The molecule has 0 aliphatic heterocycles. The van der Waals surface area contributed by atoms with Gasteiger partial charge < -0.3 is 0 Å². The molecule has 1 heteroatoms. The summed E-state index contributed by atoms with van der Waals surface area (Å²) in [5.74, 6) is 1.64. The van der Waals surface area contributed by atoms with E-state index in [1.165, 1.54) is 25.7 Å². The Balaban J connectivity index is 1.84. The standard InChI is InChI=1S/C7H12N/c8-7(5-1-2-5)6-3-4-6/h5-8H,1-4H2. The van der Waals surface area contributed by atoms with Crippen LogP contribution in [0.25, 0.3) is 0 Å². The van der Waals surface area contributed by atoms with Crippen molar-refractivity contribution >= 4 is 0 Å². The van der Waals surface area contributed by atoms with Gasteiger partial charge in [-0.2, -0.15) is 0 Å². The van der Waals surface area contributed by atoms with E-state index in [2.05, 4.69) is 0 Å².